The Hall–Kier alpha value is -2.96. The molecule has 1 amide bonds. The van der Waals surface area contributed by atoms with Gasteiger partial charge in [0.05, 0.1) is 18.0 Å². The molecule has 1 aromatic carbocycles. The quantitative estimate of drug-likeness (QED) is 0.820. The van der Waals surface area contributed by atoms with E-state index in [0.29, 0.717) is 17.8 Å². The molecule has 0 radical (unpaired) electrons. The second kappa shape index (κ2) is 7.22. The molecule has 2 aromatic rings. The number of benzene rings is 1. The molecule has 28 heavy (non-hydrogen) atoms. The summed E-state index contributed by atoms with van der Waals surface area (Å²) in [5.41, 5.74) is 1.75. The molecule has 0 unspecified atom stereocenters. The molecule has 7 heteroatoms. The smallest absolute Gasteiger partial charge is 0.342 e. The van der Waals surface area contributed by atoms with E-state index in [-0.39, 0.29) is 23.1 Å². The molecule has 1 aliphatic rings. The SMILES string of the molecule is Cc1ccc(C(=O)N2C=C(C(=O)OC(C)C)c3[nH]ncc3C(C)(C)C2)cc1F. The molecule has 1 aliphatic heterocycles. The number of H-pyrrole nitrogens is 1. The highest BCUT2D eigenvalue weighted by molar-refractivity contribution is 6.17. The molecule has 1 aromatic heterocycles. The fraction of sp³-hybridized carbons (Fsp3) is 0.381. The van der Waals surface area contributed by atoms with Crippen molar-refractivity contribution in [2.24, 2.45) is 0 Å². The summed E-state index contributed by atoms with van der Waals surface area (Å²) in [7, 11) is 0. The van der Waals surface area contributed by atoms with Gasteiger partial charge in [-0.05, 0) is 38.5 Å². The highest BCUT2D eigenvalue weighted by Gasteiger charge is 2.36. The van der Waals surface area contributed by atoms with Crippen molar-refractivity contribution in [3.63, 3.8) is 0 Å². The molecular formula is C21H24FN3O3. The Balaban J connectivity index is 2.07. The van der Waals surface area contributed by atoms with Crippen LogP contribution < -0.4 is 0 Å². The number of nitrogens with zero attached hydrogens (tertiary/aromatic N) is 2. The van der Waals surface area contributed by atoms with Crippen molar-refractivity contribution in [2.45, 2.75) is 46.1 Å². The standard InChI is InChI=1S/C21H24FN3O3/c1-12(2)28-20(27)15-10-25(11-21(4,5)16-9-23-24-18(15)16)19(26)14-7-6-13(3)17(22)8-14/h6-10,12H,11H2,1-5H3,(H,23,24). The van der Waals surface area contributed by atoms with E-state index in [9.17, 15) is 14.0 Å². The Kier molecular flexibility index (Phi) is 5.10. The van der Waals surface area contributed by atoms with Gasteiger partial charge in [-0.3, -0.25) is 9.89 Å². The predicted molar refractivity (Wildman–Crippen MR) is 103 cm³/mol. The number of hydrogen-bond acceptors (Lipinski definition) is 4. The van der Waals surface area contributed by atoms with Gasteiger partial charge in [-0.1, -0.05) is 19.9 Å². The maximum atomic E-state index is 14.0. The molecule has 6 nitrogen and oxygen atoms in total. The Bertz CT molecular complexity index is 960. The van der Waals surface area contributed by atoms with Gasteiger partial charge in [0.2, 0.25) is 0 Å². The first-order valence-electron chi connectivity index (χ1n) is 9.14. The van der Waals surface area contributed by atoms with Gasteiger partial charge in [0.15, 0.2) is 0 Å². The van der Waals surface area contributed by atoms with Gasteiger partial charge in [0, 0.05) is 29.3 Å². The van der Waals surface area contributed by atoms with Crippen LogP contribution in [0, 0.1) is 12.7 Å². The first-order chi connectivity index (χ1) is 13.1. The number of fused-ring (bicyclic) bond motifs is 1. The van der Waals surface area contributed by atoms with Crippen LogP contribution in [0.15, 0.2) is 30.6 Å². The topological polar surface area (TPSA) is 75.3 Å². The van der Waals surface area contributed by atoms with Crippen molar-refractivity contribution in [1.82, 2.24) is 15.1 Å². The molecule has 0 spiro atoms. The summed E-state index contributed by atoms with van der Waals surface area (Å²) < 4.78 is 19.3. The zero-order valence-electron chi connectivity index (χ0n) is 16.7. The molecule has 0 fully saturated rings. The zero-order chi connectivity index (χ0) is 20.6. The van der Waals surface area contributed by atoms with E-state index >= 15 is 0 Å². The third kappa shape index (κ3) is 3.69. The zero-order valence-corrected chi connectivity index (χ0v) is 16.7. The Labute approximate surface area is 163 Å². The lowest BCUT2D eigenvalue weighted by atomic mass is 9.84. The number of aromatic amines is 1. The van der Waals surface area contributed by atoms with Crippen LogP contribution in [0.5, 0.6) is 0 Å². The van der Waals surface area contributed by atoms with E-state index in [1.807, 2.05) is 13.8 Å². The summed E-state index contributed by atoms with van der Waals surface area (Å²) in [6, 6.07) is 4.37. The first-order valence-corrected chi connectivity index (χ1v) is 9.14. The molecule has 2 heterocycles. The summed E-state index contributed by atoms with van der Waals surface area (Å²) in [4.78, 5) is 27.2. The summed E-state index contributed by atoms with van der Waals surface area (Å²) >= 11 is 0. The van der Waals surface area contributed by atoms with Gasteiger partial charge >= 0.3 is 5.97 Å². The van der Waals surface area contributed by atoms with Gasteiger partial charge in [-0.2, -0.15) is 5.10 Å². The van der Waals surface area contributed by atoms with Crippen LogP contribution >= 0.6 is 0 Å². The average Bonchev–Trinajstić information content (AvgIpc) is 3.06. The first kappa shape index (κ1) is 19.8. The number of aryl methyl sites for hydroxylation is 1. The number of hydrogen-bond donors (Lipinski definition) is 1. The third-order valence-electron chi connectivity index (χ3n) is 4.73. The molecule has 148 valence electrons. The fourth-order valence-corrected chi connectivity index (χ4v) is 3.24. The summed E-state index contributed by atoms with van der Waals surface area (Å²) in [5.74, 6) is -1.39. The van der Waals surface area contributed by atoms with Crippen LogP contribution in [-0.2, 0) is 14.9 Å². The lowest BCUT2D eigenvalue weighted by Crippen LogP contribution is -2.36. The molecule has 1 N–H and O–H groups in total. The lowest BCUT2D eigenvalue weighted by Gasteiger charge is -2.28. The summed E-state index contributed by atoms with van der Waals surface area (Å²) in [6.45, 7) is 9.37. The summed E-state index contributed by atoms with van der Waals surface area (Å²) in [6.07, 6.45) is 2.81. The van der Waals surface area contributed by atoms with Crippen LogP contribution in [0.25, 0.3) is 5.57 Å². The number of amides is 1. The molecule has 0 bridgehead atoms. The number of carbonyl (C=O) groups is 2. The van der Waals surface area contributed by atoms with E-state index in [1.54, 1.807) is 39.1 Å². The van der Waals surface area contributed by atoms with Crippen LogP contribution in [0.4, 0.5) is 4.39 Å². The highest BCUT2D eigenvalue weighted by atomic mass is 19.1. The number of halogens is 1. The van der Waals surface area contributed by atoms with Crippen molar-refractivity contribution < 1.29 is 18.7 Å². The van der Waals surface area contributed by atoms with Crippen LogP contribution in [0.1, 0.15) is 54.9 Å². The lowest BCUT2D eigenvalue weighted by molar-refractivity contribution is -0.140. The number of ether oxygens (including phenoxy) is 1. The molecule has 0 aliphatic carbocycles. The monoisotopic (exact) mass is 385 g/mol. The van der Waals surface area contributed by atoms with E-state index in [0.717, 1.165) is 5.56 Å². The molecular weight excluding hydrogens is 361 g/mol. The van der Waals surface area contributed by atoms with Crippen molar-refractivity contribution in [3.05, 3.63) is 58.8 Å². The molecule has 0 atom stereocenters. The van der Waals surface area contributed by atoms with Gasteiger partial charge in [0.1, 0.15) is 11.4 Å². The highest BCUT2D eigenvalue weighted by Crippen LogP contribution is 2.35. The minimum atomic E-state index is -0.550. The van der Waals surface area contributed by atoms with E-state index in [4.69, 9.17) is 4.74 Å². The maximum Gasteiger partial charge on any atom is 0.342 e. The normalized spacial score (nSPS) is 15.7. The molecule has 0 saturated carbocycles. The van der Waals surface area contributed by atoms with Crippen LogP contribution in [0.3, 0.4) is 0 Å². The minimum absolute atomic E-state index is 0.215. The Morgan fingerprint density at radius 2 is 2.04 bits per heavy atom. The summed E-state index contributed by atoms with van der Waals surface area (Å²) in [5, 5.41) is 6.93. The second-order valence-corrected chi connectivity index (χ2v) is 7.94. The fourth-order valence-electron chi connectivity index (χ4n) is 3.24. The van der Waals surface area contributed by atoms with Crippen molar-refractivity contribution in [3.8, 4) is 0 Å². The number of nitrogens with one attached hydrogen (secondary N) is 1. The largest absolute Gasteiger partial charge is 0.459 e. The van der Waals surface area contributed by atoms with E-state index in [1.165, 1.54) is 17.2 Å². The minimum Gasteiger partial charge on any atom is -0.459 e. The predicted octanol–water partition coefficient (Wildman–Crippen LogP) is 3.58. The third-order valence-corrected chi connectivity index (χ3v) is 4.73. The maximum absolute atomic E-state index is 14.0. The Morgan fingerprint density at radius 1 is 1.32 bits per heavy atom. The average molecular weight is 385 g/mol. The van der Waals surface area contributed by atoms with Crippen molar-refractivity contribution in [2.75, 3.05) is 6.54 Å². The number of rotatable bonds is 3. The van der Waals surface area contributed by atoms with Crippen LogP contribution in [0.2, 0.25) is 0 Å². The second-order valence-electron chi connectivity index (χ2n) is 7.94. The van der Waals surface area contributed by atoms with Crippen molar-refractivity contribution >= 4 is 17.4 Å². The number of carbonyl (C=O) groups excluding carboxylic acids is 2. The molecule has 0 saturated heterocycles. The van der Waals surface area contributed by atoms with Gasteiger partial charge < -0.3 is 9.64 Å². The Morgan fingerprint density at radius 3 is 2.68 bits per heavy atom. The number of aromatic nitrogens is 2. The number of esters is 1. The van der Waals surface area contributed by atoms with Crippen LogP contribution in [-0.4, -0.2) is 39.6 Å². The van der Waals surface area contributed by atoms with E-state index < -0.39 is 17.2 Å². The van der Waals surface area contributed by atoms with Gasteiger partial charge in [0.25, 0.3) is 5.91 Å². The van der Waals surface area contributed by atoms with E-state index in [2.05, 4.69) is 10.2 Å². The van der Waals surface area contributed by atoms with Gasteiger partial charge in [-0.15, -0.1) is 0 Å². The van der Waals surface area contributed by atoms with Gasteiger partial charge in [-0.25, -0.2) is 9.18 Å². The van der Waals surface area contributed by atoms with Crippen molar-refractivity contribution in [1.29, 1.82) is 0 Å². The molecule has 3 rings (SSSR count).